The summed E-state index contributed by atoms with van der Waals surface area (Å²) in [7, 11) is 2.90. The number of benzene rings is 1. The van der Waals surface area contributed by atoms with Crippen molar-refractivity contribution < 1.29 is 13.9 Å². The van der Waals surface area contributed by atoms with E-state index in [1.807, 2.05) is 0 Å². The van der Waals surface area contributed by atoms with Crippen LogP contribution in [0.2, 0.25) is 15.2 Å². The highest BCUT2D eigenvalue weighted by Gasteiger charge is 2.22. The van der Waals surface area contributed by atoms with E-state index in [0.717, 1.165) is 0 Å². The summed E-state index contributed by atoms with van der Waals surface area (Å²) in [6.45, 7) is 0. The molecule has 0 unspecified atom stereocenters. The number of fused-ring (bicyclic) bond motifs is 1. The fourth-order valence-electron chi connectivity index (χ4n) is 2.29. The van der Waals surface area contributed by atoms with Gasteiger partial charge in [-0.3, -0.25) is 0 Å². The van der Waals surface area contributed by atoms with Gasteiger partial charge >= 0.3 is 5.63 Å². The molecule has 0 fully saturated rings. The summed E-state index contributed by atoms with van der Waals surface area (Å²) >= 11 is 18.5. The van der Waals surface area contributed by atoms with Gasteiger partial charge in [0, 0.05) is 29.3 Å². The quantitative estimate of drug-likeness (QED) is 0.603. The highest BCUT2D eigenvalue weighted by atomic mass is 35.5. The van der Waals surface area contributed by atoms with Crippen LogP contribution in [0.3, 0.4) is 0 Å². The summed E-state index contributed by atoms with van der Waals surface area (Å²) in [5.41, 5.74) is 0.119. The van der Waals surface area contributed by atoms with Crippen LogP contribution in [0.25, 0.3) is 22.1 Å². The van der Waals surface area contributed by atoms with E-state index in [9.17, 15) is 4.79 Å². The van der Waals surface area contributed by atoms with Crippen LogP contribution in [-0.4, -0.2) is 19.2 Å². The SMILES string of the molecule is COc1cc(OC)c(Cl)c(-c2cc3cnc(Cl)cc3oc2=O)c1Cl. The first-order valence-electron chi connectivity index (χ1n) is 6.66. The molecule has 0 aliphatic carbocycles. The lowest BCUT2D eigenvalue weighted by molar-refractivity contribution is 0.395. The Balaban J connectivity index is 2.37. The Morgan fingerprint density at radius 1 is 1.00 bits per heavy atom. The molecule has 8 heteroatoms. The van der Waals surface area contributed by atoms with Crippen LogP contribution in [0, 0.1) is 0 Å². The largest absolute Gasteiger partial charge is 0.495 e. The van der Waals surface area contributed by atoms with Crippen LogP contribution >= 0.6 is 34.8 Å². The number of hydrogen-bond acceptors (Lipinski definition) is 5. The van der Waals surface area contributed by atoms with Gasteiger partial charge in [-0.2, -0.15) is 0 Å². The van der Waals surface area contributed by atoms with Gasteiger partial charge in [-0.15, -0.1) is 0 Å². The zero-order chi connectivity index (χ0) is 17.4. The van der Waals surface area contributed by atoms with Crippen molar-refractivity contribution in [3.63, 3.8) is 0 Å². The summed E-state index contributed by atoms with van der Waals surface area (Å²) in [4.78, 5) is 16.4. The van der Waals surface area contributed by atoms with E-state index < -0.39 is 5.63 Å². The van der Waals surface area contributed by atoms with Crippen LogP contribution in [0.4, 0.5) is 0 Å². The van der Waals surface area contributed by atoms with Crippen LogP contribution in [0.5, 0.6) is 11.5 Å². The predicted octanol–water partition coefficient (Wildman–Crippen LogP) is 4.83. The number of aromatic nitrogens is 1. The molecule has 0 atom stereocenters. The molecule has 0 amide bonds. The maximum Gasteiger partial charge on any atom is 0.344 e. The molecule has 0 aliphatic rings. The molecule has 0 saturated carbocycles. The topological polar surface area (TPSA) is 61.6 Å². The minimum absolute atomic E-state index is 0.166. The molecule has 0 spiro atoms. The normalized spacial score (nSPS) is 10.9. The van der Waals surface area contributed by atoms with E-state index in [1.165, 1.54) is 32.5 Å². The van der Waals surface area contributed by atoms with Crippen molar-refractivity contribution in [1.82, 2.24) is 4.98 Å². The summed E-state index contributed by atoms with van der Waals surface area (Å²) in [5, 5.41) is 1.15. The molecule has 5 nitrogen and oxygen atoms in total. The highest BCUT2D eigenvalue weighted by Crippen LogP contribution is 2.45. The van der Waals surface area contributed by atoms with Gasteiger partial charge in [0.2, 0.25) is 0 Å². The Hall–Kier alpha value is -1.95. The molecule has 3 aromatic rings. The fraction of sp³-hybridized carbons (Fsp3) is 0.125. The van der Waals surface area contributed by atoms with Crippen molar-refractivity contribution in [3.05, 3.63) is 50.0 Å². The molecule has 0 N–H and O–H groups in total. The van der Waals surface area contributed by atoms with E-state index in [2.05, 4.69) is 4.98 Å². The lowest BCUT2D eigenvalue weighted by Crippen LogP contribution is -2.05. The number of halogens is 3. The Bertz CT molecular complexity index is 973. The van der Waals surface area contributed by atoms with Gasteiger partial charge in [-0.05, 0) is 6.07 Å². The minimum atomic E-state index is -0.621. The maximum atomic E-state index is 12.4. The molecule has 2 aromatic heterocycles. The van der Waals surface area contributed by atoms with Gasteiger partial charge in [0.25, 0.3) is 0 Å². The second kappa shape index (κ2) is 6.51. The summed E-state index contributed by atoms with van der Waals surface area (Å²) < 4.78 is 15.7. The van der Waals surface area contributed by atoms with Crippen LogP contribution < -0.4 is 15.1 Å². The van der Waals surface area contributed by atoms with Gasteiger partial charge < -0.3 is 13.9 Å². The molecule has 0 saturated heterocycles. The number of methoxy groups -OCH3 is 2. The third kappa shape index (κ3) is 2.79. The smallest absolute Gasteiger partial charge is 0.344 e. The molecule has 0 bridgehead atoms. The summed E-state index contributed by atoms with van der Waals surface area (Å²) in [6.07, 6.45) is 1.49. The average molecular weight is 387 g/mol. The Morgan fingerprint density at radius 3 is 2.21 bits per heavy atom. The van der Waals surface area contributed by atoms with E-state index in [1.54, 1.807) is 6.07 Å². The third-order valence-corrected chi connectivity index (χ3v) is 4.38. The molecule has 124 valence electrons. The van der Waals surface area contributed by atoms with Crippen molar-refractivity contribution in [3.8, 4) is 22.6 Å². The van der Waals surface area contributed by atoms with Crippen molar-refractivity contribution in [2.75, 3.05) is 14.2 Å². The van der Waals surface area contributed by atoms with Crippen molar-refractivity contribution in [2.24, 2.45) is 0 Å². The van der Waals surface area contributed by atoms with Crippen molar-refractivity contribution in [2.45, 2.75) is 0 Å². The second-order valence-electron chi connectivity index (χ2n) is 4.78. The number of rotatable bonds is 3. The first-order valence-corrected chi connectivity index (χ1v) is 7.79. The second-order valence-corrected chi connectivity index (χ2v) is 5.92. The predicted molar refractivity (Wildman–Crippen MR) is 93.8 cm³/mol. The summed E-state index contributed by atoms with van der Waals surface area (Å²) in [5.74, 6) is 0.642. The van der Waals surface area contributed by atoms with Gasteiger partial charge in [0.15, 0.2) is 0 Å². The van der Waals surface area contributed by atoms with Gasteiger partial charge in [-0.1, -0.05) is 34.8 Å². The van der Waals surface area contributed by atoms with Crippen LogP contribution in [-0.2, 0) is 0 Å². The van der Waals surface area contributed by atoms with Gasteiger partial charge in [0.1, 0.15) is 22.2 Å². The molecule has 24 heavy (non-hydrogen) atoms. The van der Waals surface area contributed by atoms with E-state index in [0.29, 0.717) is 22.5 Å². The first-order chi connectivity index (χ1) is 11.5. The lowest BCUT2D eigenvalue weighted by atomic mass is 10.1. The van der Waals surface area contributed by atoms with Gasteiger partial charge in [0.05, 0.1) is 29.8 Å². The molecular formula is C16H10Cl3NO4. The lowest BCUT2D eigenvalue weighted by Gasteiger charge is -2.14. The maximum absolute atomic E-state index is 12.4. The number of ether oxygens (including phenoxy) is 2. The Kier molecular flexibility index (Phi) is 4.58. The molecule has 3 rings (SSSR count). The number of hydrogen-bond donors (Lipinski definition) is 0. The molecule has 1 aromatic carbocycles. The molecule has 0 radical (unpaired) electrons. The Labute approximate surface area is 151 Å². The van der Waals surface area contributed by atoms with E-state index >= 15 is 0 Å². The van der Waals surface area contributed by atoms with Crippen molar-refractivity contribution in [1.29, 1.82) is 0 Å². The number of nitrogens with zero attached hydrogens (tertiary/aromatic N) is 1. The first kappa shape index (κ1) is 16.9. The van der Waals surface area contributed by atoms with Crippen LogP contribution in [0.1, 0.15) is 0 Å². The minimum Gasteiger partial charge on any atom is -0.495 e. The zero-order valence-electron chi connectivity index (χ0n) is 12.5. The molecule has 0 aliphatic heterocycles. The third-order valence-electron chi connectivity index (χ3n) is 3.43. The van der Waals surface area contributed by atoms with Crippen molar-refractivity contribution >= 4 is 45.8 Å². The standard InChI is InChI=1S/C16H10Cl3NO4/c1-22-10-4-11(23-2)15(19)13(14(10)18)8-3-7-6-20-12(17)5-9(7)24-16(8)21/h3-6H,1-2H3. The van der Waals surface area contributed by atoms with E-state index in [4.69, 9.17) is 48.7 Å². The monoisotopic (exact) mass is 385 g/mol. The average Bonchev–Trinajstić information content (AvgIpc) is 2.55. The van der Waals surface area contributed by atoms with Gasteiger partial charge in [-0.25, -0.2) is 9.78 Å². The van der Waals surface area contributed by atoms with E-state index in [-0.39, 0.29) is 26.3 Å². The summed E-state index contributed by atoms with van der Waals surface area (Å²) in [6, 6.07) is 4.58. The Morgan fingerprint density at radius 2 is 1.62 bits per heavy atom. The highest BCUT2D eigenvalue weighted by molar-refractivity contribution is 6.41. The zero-order valence-corrected chi connectivity index (χ0v) is 14.8. The van der Waals surface area contributed by atoms with Crippen LogP contribution in [0.15, 0.2) is 33.6 Å². The fourth-order valence-corrected chi connectivity index (χ4v) is 3.14. The number of pyridine rings is 1. The molecular weight excluding hydrogens is 377 g/mol. The molecule has 2 heterocycles.